The second-order valence-electron chi connectivity index (χ2n) is 1.79. The van der Waals surface area contributed by atoms with Crippen LogP contribution in [-0.4, -0.2) is 34.1 Å². The molecule has 0 saturated carbocycles. The van der Waals surface area contributed by atoms with E-state index in [-0.39, 0.29) is 20.7 Å². The summed E-state index contributed by atoms with van der Waals surface area (Å²) >= 11 is 0.0521. The molecule has 0 aromatic rings. The minimum absolute atomic E-state index is 0.0521. The number of alkyl halides is 1. The van der Waals surface area contributed by atoms with Crippen molar-refractivity contribution < 1.29 is 0 Å². The van der Waals surface area contributed by atoms with Gasteiger partial charge in [0.05, 0.1) is 4.05 Å². The maximum Gasteiger partial charge on any atom is 0.0684 e. The first-order valence-corrected chi connectivity index (χ1v) is 5.23. The molecule has 1 unspecified atom stereocenters. The molecule has 0 rings (SSSR count). The van der Waals surface area contributed by atoms with Gasteiger partial charge in [0.1, 0.15) is 0 Å². The third kappa shape index (κ3) is 2.74. The van der Waals surface area contributed by atoms with Gasteiger partial charge in [-0.3, -0.25) is 4.90 Å². The minimum atomic E-state index is 0.0521. The fraction of sp³-hybridized carbons (Fsp3) is 0.800. The van der Waals surface area contributed by atoms with Gasteiger partial charge in [0.15, 0.2) is 0 Å². The summed E-state index contributed by atoms with van der Waals surface area (Å²) in [6, 6.07) is 0. The van der Waals surface area contributed by atoms with Crippen molar-refractivity contribution in [1.82, 2.24) is 4.90 Å². The fourth-order valence-electron chi connectivity index (χ4n) is 0.412. The summed E-state index contributed by atoms with van der Waals surface area (Å²) in [5.41, 5.74) is 5.43. The summed E-state index contributed by atoms with van der Waals surface area (Å²) in [6.45, 7) is 0.754. The normalized spacial score (nSPS) is 14.5. The third-order valence-corrected chi connectivity index (χ3v) is 3.57. The predicted octanol–water partition coefficient (Wildman–Crippen LogP) is 0.236. The first-order chi connectivity index (χ1) is 3.72. The second kappa shape index (κ2) is 4.40. The van der Waals surface area contributed by atoms with Gasteiger partial charge in [0.2, 0.25) is 0 Å². The molecule has 0 spiro atoms. The quantitative estimate of drug-likeness (QED) is 0.426. The van der Waals surface area contributed by atoms with Crippen LogP contribution in [0.3, 0.4) is 0 Å². The van der Waals surface area contributed by atoms with Gasteiger partial charge >= 0.3 is 0 Å². The summed E-state index contributed by atoms with van der Waals surface area (Å²) < 4.78 is 4.43. The van der Waals surface area contributed by atoms with Gasteiger partial charge in [0, 0.05) is 6.54 Å². The van der Waals surface area contributed by atoms with Crippen LogP contribution in [0.1, 0.15) is 0 Å². The van der Waals surface area contributed by atoms with Gasteiger partial charge in [-0.2, -0.15) is 0 Å². The molecule has 2 nitrogen and oxygen atoms in total. The number of hydrogen-bond donors (Lipinski definition) is 1. The summed E-state index contributed by atoms with van der Waals surface area (Å²) in [5, 5.41) is 0. The largest absolute Gasteiger partial charge is 0.328 e. The van der Waals surface area contributed by atoms with Gasteiger partial charge < -0.3 is 5.73 Å². The van der Waals surface area contributed by atoms with E-state index < -0.39 is 0 Å². The second-order valence-corrected chi connectivity index (χ2v) is 4.11. The van der Waals surface area contributed by atoms with Crippen LogP contribution in [-0.2, 0) is 0 Å². The zero-order valence-corrected chi connectivity index (χ0v) is 7.55. The highest BCUT2D eigenvalue weighted by atomic mass is 127. The lowest BCUT2D eigenvalue weighted by Gasteiger charge is -2.16. The van der Waals surface area contributed by atoms with E-state index in [1.165, 1.54) is 0 Å². The summed E-state index contributed by atoms with van der Waals surface area (Å²) in [5.74, 6) is 0. The van der Waals surface area contributed by atoms with Crippen molar-refractivity contribution in [2.24, 2.45) is 5.73 Å². The Balaban J connectivity index is 3.51. The highest BCUT2D eigenvalue weighted by Gasteiger charge is 2.01. The molecule has 0 aliphatic rings. The summed E-state index contributed by atoms with van der Waals surface area (Å²) in [4.78, 5) is 2.14. The van der Waals surface area contributed by atoms with Crippen molar-refractivity contribution in [2.75, 3.05) is 20.6 Å². The minimum Gasteiger partial charge on any atom is -0.328 e. The number of nitrogens with zero attached hydrogens (tertiary/aromatic N) is 1. The van der Waals surface area contributed by atoms with Crippen molar-refractivity contribution in [1.29, 1.82) is 0 Å². The molecule has 0 fully saturated rings. The maximum absolute atomic E-state index is 5.43. The van der Waals surface area contributed by atoms with Crippen LogP contribution in [0.4, 0.5) is 0 Å². The summed E-state index contributed by atoms with van der Waals surface area (Å²) in [7, 11) is 4.09. The van der Waals surface area contributed by atoms with Crippen LogP contribution in [0.5, 0.6) is 0 Å². The van der Waals surface area contributed by atoms with Gasteiger partial charge in [-0.25, -0.2) is 0 Å². The van der Waals surface area contributed by atoms with E-state index in [0.29, 0.717) is 4.05 Å². The van der Waals surface area contributed by atoms with Crippen molar-refractivity contribution in [3.8, 4) is 0 Å². The lowest BCUT2D eigenvalue weighted by molar-refractivity contribution is 0.402. The zero-order valence-electron chi connectivity index (χ0n) is 5.39. The molecule has 8 heavy (non-hydrogen) atoms. The maximum atomic E-state index is 5.43. The van der Waals surface area contributed by atoms with Crippen molar-refractivity contribution in [3.63, 3.8) is 0 Å². The Morgan fingerprint density at radius 3 is 2.25 bits per heavy atom. The van der Waals surface area contributed by atoms with E-state index >= 15 is 0 Å². The van der Waals surface area contributed by atoms with Crippen LogP contribution in [0.15, 0.2) is 0 Å². The highest BCUT2D eigenvalue weighted by Crippen LogP contribution is 2.05. The van der Waals surface area contributed by atoms with Crippen LogP contribution < -0.4 is 5.73 Å². The summed E-state index contributed by atoms with van der Waals surface area (Å²) in [6.07, 6.45) is 0. The Hall–Kier alpha value is 0.520. The Labute approximate surface area is 60.8 Å². The molecule has 0 saturated heterocycles. The smallest absolute Gasteiger partial charge is 0.0684 e. The number of halogens is 1. The van der Waals surface area contributed by atoms with Crippen LogP contribution in [0, 0.1) is 0 Å². The van der Waals surface area contributed by atoms with Crippen molar-refractivity contribution >= 4 is 25.2 Å². The van der Waals surface area contributed by atoms with E-state index in [1.807, 2.05) is 14.1 Å². The van der Waals surface area contributed by atoms with Crippen LogP contribution >= 0.6 is 20.7 Å². The average Bonchev–Trinajstić information content (AvgIpc) is 1.69. The standard InChI is InChI=1S/C5H13IN2/c1-6-5(4-7)8(2)3/h5H,1,4,7H2,2-3H3. The molecule has 3 heteroatoms. The number of hydrogen-bond acceptors (Lipinski definition) is 2. The van der Waals surface area contributed by atoms with E-state index in [2.05, 4.69) is 9.41 Å². The molecule has 0 bridgehead atoms. The average molecular weight is 228 g/mol. The third-order valence-electron chi connectivity index (χ3n) is 0.933. The molecule has 0 aliphatic heterocycles. The van der Waals surface area contributed by atoms with Crippen molar-refractivity contribution in [2.45, 2.75) is 4.05 Å². The Morgan fingerprint density at radius 1 is 1.75 bits per heavy atom. The Bertz CT molecular complexity index is 72.8. The lowest BCUT2D eigenvalue weighted by Crippen LogP contribution is -2.29. The molecule has 0 aliphatic carbocycles. The monoisotopic (exact) mass is 228 g/mol. The molecule has 2 N–H and O–H groups in total. The molecule has 0 aromatic carbocycles. The van der Waals surface area contributed by atoms with E-state index in [1.54, 1.807) is 0 Å². The molecule has 1 atom stereocenters. The SMILES string of the molecule is C=IC(CN)N(C)C. The van der Waals surface area contributed by atoms with Gasteiger partial charge in [-0.1, -0.05) is 4.51 Å². The van der Waals surface area contributed by atoms with Gasteiger partial charge in [-0.15, -0.1) is 20.7 Å². The molecular formula is C5H13IN2. The predicted molar refractivity (Wildman–Crippen MR) is 47.7 cm³/mol. The van der Waals surface area contributed by atoms with Crippen molar-refractivity contribution in [3.05, 3.63) is 0 Å². The highest BCUT2D eigenvalue weighted by molar-refractivity contribution is 14.2. The van der Waals surface area contributed by atoms with E-state index in [0.717, 1.165) is 6.54 Å². The van der Waals surface area contributed by atoms with Gasteiger partial charge in [-0.05, 0) is 14.1 Å². The molecular weight excluding hydrogens is 215 g/mol. The van der Waals surface area contributed by atoms with E-state index in [4.69, 9.17) is 5.73 Å². The first-order valence-electron chi connectivity index (χ1n) is 2.45. The zero-order chi connectivity index (χ0) is 6.57. The van der Waals surface area contributed by atoms with Gasteiger partial charge in [0.25, 0.3) is 0 Å². The van der Waals surface area contributed by atoms with Crippen LogP contribution in [0.25, 0.3) is 0 Å². The number of rotatable bonds is 3. The lowest BCUT2D eigenvalue weighted by atomic mass is 10.6. The number of likely N-dealkylation sites (N-methyl/N-ethyl adjacent to an activating group) is 1. The fourth-order valence-corrected chi connectivity index (χ4v) is 1.56. The number of nitrogens with two attached hydrogens (primary N) is 1. The first kappa shape index (κ1) is 8.52. The Kier molecular flexibility index (Phi) is 4.69. The molecule has 0 amide bonds. The van der Waals surface area contributed by atoms with Crippen LogP contribution in [0.2, 0.25) is 0 Å². The topological polar surface area (TPSA) is 29.3 Å². The molecule has 50 valence electrons. The molecule has 0 aromatic heterocycles. The Morgan fingerprint density at radius 2 is 2.25 bits per heavy atom. The molecule has 0 radical (unpaired) electrons. The molecule has 0 heterocycles. The van der Waals surface area contributed by atoms with E-state index in [9.17, 15) is 0 Å².